The molecule has 39 heavy (non-hydrogen) atoms. The van der Waals surface area contributed by atoms with Crippen molar-refractivity contribution in [3.63, 3.8) is 0 Å². The molecule has 204 valence electrons. The Morgan fingerprint density at radius 2 is 1.85 bits per heavy atom. The van der Waals surface area contributed by atoms with Gasteiger partial charge in [-0.2, -0.15) is 0 Å². The van der Waals surface area contributed by atoms with Gasteiger partial charge in [-0.05, 0) is 55.7 Å². The van der Waals surface area contributed by atoms with Gasteiger partial charge >= 0.3 is 0 Å². The smallest absolute Gasteiger partial charge is 0.235 e. The summed E-state index contributed by atoms with van der Waals surface area (Å²) in [6, 6.07) is 7.79. The van der Waals surface area contributed by atoms with Crippen LogP contribution in [0.1, 0.15) is 52.5 Å². The minimum atomic E-state index is -1.35. The lowest BCUT2D eigenvalue weighted by Gasteiger charge is -2.46. The zero-order chi connectivity index (χ0) is 27.7. The number of carbonyl (C=O) groups is 4. The van der Waals surface area contributed by atoms with Gasteiger partial charge in [0.05, 0.1) is 11.7 Å². The summed E-state index contributed by atoms with van der Waals surface area (Å²) in [6.07, 6.45) is 8.46. The van der Waals surface area contributed by atoms with E-state index in [9.17, 15) is 19.2 Å². The molecule has 3 heterocycles. The number of ketones is 3. The van der Waals surface area contributed by atoms with E-state index in [0.717, 1.165) is 16.5 Å². The molecule has 8 atom stereocenters. The second kappa shape index (κ2) is 9.12. The van der Waals surface area contributed by atoms with E-state index < -0.39 is 28.5 Å². The molecule has 7 nitrogen and oxygen atoms in total. The Balaban J connectivity index is 1.44. The first-order valence-corrected chi connectivity index (χ1v) is 14.1. The second-order valence-electron chi connectivity index (χ2n) is 12.2. The SMILES string of the molecule is C/C1=C/[C@@H](C)C/C=C/[C@H]2[C@@H]3O[C@]3(C)[C@@H](C)[C@H]3[C@H](Cc4c[nH]c5ccccc45)NC(=O)[C@]32C(=O)CCC(=O)C1=O. The normalized spacial score (nSPS) is 40.8. The van der Waals surface area contributed by atoms with Crippen LogP contribution in [0.2, 0.25) is 0 Å². The van der Waals surface area contributed by atoms with Gasteiger partial charge in [0.2, 0.25) is 17.5 Å². The summed E-state index contributed by atoms with van der Waals surface area (Å²) in [6.45, 7) is 7.83. The fourth-order valence-electron chi connectivity index (χ4n) is 7.84. The summed E-state index contributed by atoms with van der Waals surface area (Å²) in [5, 5.41) is 4.34. The monoisotopic (exact) mass is 528 g/mol. The van der Waals surface area contributed by atoms with Crippen molar-refractivity contribution in [1.82, 2.24) is 10.3 Å². The number of benzene rings is 1. The van der Waals surface area contributed by atoms with Crippen molar-refractivity contribution in [2.45, 2.75) is 71.1 Å². The number of para-hydroxylation sites is 1. The third-order valence-corrected chi connectivity index (χ3v) is 9.99. The minimum absolute atomic E-state index is 0.0299. The molecule has 0 radical (unpaired) electrons. The van der Waals surface area contributed by atoms with Crippen LogP contribution in [-0.4, -0.2) is 46.0 Å². The summed E-state index contributed by atoms with van der Waals surface area (Å²) < 4.78 is 6.34. The van der Waals surface area contributed by atoms with Gasteiger partial charge in [-0.15, -0.1) is 0 Å². The maximum Gasteiger partial charge on any atom is 0.235 e. The number of ether oxygens (including phenoxy) is 1. The summed E-state index contributed by atoms with van der Waals surface area (Å²) in [4.78, 5) is 57.3. The van der Waals surface area contributed by atoms with Crippen LogP contribution in [0.4, 0.5) is 0 Å². The number of allylic oxidation sites excluding steroid dienone is 3. The highest BCUT2D eigenvalue weighted by Crippen LogP contribution is 2.66. The molecular weight excluding hydrogens is 492 g/mol. The molecule has 4 aliphatic rings. The average Bonchev–Trinajstić information content (AvgIpc) is 3.31. The van der Waals surface area contributed by atoms with E-state index >= 15 is 0 Å². The average molecular weight is 529 g/mol. The number of carbonyl (C=O) groups excluding carboxylic acids is 4. The molecule has 2 aliphatic heterocycles. The van der Waals surface area contributed by atoms with Crippen LogP contribution in [0.15, 0.2) is 54.3 Å². The maximum atomic E-state index is 14.3. The predicted octanol–water partition coefficient (Wildman–Crippen LogP) is 4.26. The number of aromatic amines is 1. The van der Waals surface area contributed by atoms with Crippen LogP contribution in [0.3, 0.4) is 0 Å². The fraction of sp³-hybridized carbons (Fsp3) is 0.500. The van der Waals surface area contributed by atoms with Crippen LogP contribution in [-0.2, 0) is 30.3 Å². The minimum Gasteiger partial charge on any atom is -0.365 e. The number of rotatable bonds is 2. The number of amides is 1. The molecule has 1 saturated carbocycles. The number of Topliss-reactive ketones (excluding diaryl/α,β-unsaturated/α-hetero) is 3. The number of H-pyrrole nitrogens is 1. The molecule has 2 aliphatic carbocycles. The summed E-state index contributed by atoms with van der Waals surface area (Å²) >= 11 is 0. The summed E-state index contributed by atoms with van der Waals surface area (Å²) in [5.74, 6) is -2.47. The Bertz CT molecular complexity index is 1450. The standard InChI is InChI=1S/C32H36N2O5/c1-17-8-7-10-22-29-31(4,39-29)19(3)27-24(15-20-16-33-23-11-6-5-9-21(20)23)34-30(38)32(22,27)26(36)13-12-25(35)28(37)18(2)14-17/h5-7,9-11,14,16-17,19,22,24,27,29,33H,8,12-13,15H2,1-4H3,(H,34,38)/b10-7+,18-14-/t17-,19-,22-,24-,27-,29-,31+,32+/m0/s1. The zero-order valence-electron chi connectivity index (χ0n) is 23.0. The maximum absolute atomic E-state index is 14.3. The molecule has 3 fully saturated rings. The topological polar surface area (TPSA) is 109 Å². The van der Waals surface area contributed by atoms with E-state index in [1.165, 1.54) is 0 Å². The van der Waals surface area contributed by atoms with Crippen molar-refractivity contribution in [3.05, 3.63) is 59.8 Å². The number of hydrogen-bond donors (Lipinski definition) is 2. The van der Waals surface area contributed by atoms with Crippen molar-refractivity contribution in [3.8, 4) is 0 Å². The van der Waals surface area contributed by atoms with Gasteiger partial charge in [-0.1, -0.05) is 50.3 Å². The lowest BCUT2D eigenvalue weighted by atomic mass is 9.51. The van der Waals surface area contributed by atoms with Gasteiger partial charge in [0.25, 0.3) is 0 Å². The van der Waals surface area contributed by atoms with Gasteiger partial charge in [0, 0.05) is 47.8 Å². The number of fused-ring (bicyclic) bond motifs is 3. The molecule has 0 unspecified atom stereocenters. The quantitative estimate of drug-likeness (QED) is 0.262. The second-order valence-corrected chi connectivity index (χ2v) is 12.2. The number of nitrogens with one attached hydrogen (secondary N) is 2. The molecule has 2 aromatic rings. The lowest BCUT2D eigenvalue weighted by Crippen LogP contribution is -2.58. The van der Waals surface area contributed by atoms with Crippen LogP contribution in [0, 0.1) is 29.1 Å². The van der Waals surface area contributed by atoms with Crippen molar-refractivity contribution in [1.29, 1.82) is 0 Å². The van der Waals surface area contributed by atoms with E-state index in [-0.39, 0.29) is 54.4 Å². The molecule has 1 aromatic carbocycles. The van der Waals surface area contributed by atoms with E-state index in [1.54, 1.807) is 6.92 Å². The van der Waals surface area contributed by atoms with Crippen molar-refractivity contribution in [2.75, 3.05) is 0 Å². The summed E-state index contributed by atoms with van der Waals surface area (Å²) in [7, 11) is 0. The third kappa shape index (κ3) is 3.80. The number of epoxide rings is 1. The van der Waals surface area contributed by atoms with Gasteiger partial charge in [0.1, 0.15) is 11.2 Å². The number of hydrogen-bond acceptors (Lipinski definition) is 5. The van der Waals surface area contributed by atoms with Gasteiger partial charge in [-0.3, -0.25) is 19.2 Å². The Labute approximate surface area is 228 Å². The highest BCUT2D eigenvalue weighted by molar-refractivity contribution is 6.43. The molecule has 0 bridgehead atoms. The van der Waals surface area contributed by atoms with Gasteiger partial charge in [0.15, 0.2) is 0 Å². The van der Waals surface area contributed by atoms with Gasteiger partial charge in [-0.25, -0.2) is 0 Å². The molecule has 2 N–H and O–H groups in total. The third-order valence-electron chi connectivity index (χ3n) is 9.99. The predicted molar refractivity (Wildman–Crippen MR) is 147 cm³/mol. The van der Waals surface area contributed by atoms with Crippen LogP contribution in [0.25, 0.3) is 10.9 Å². The fourth-order valence-corrected chi connectivity index (χ4v) is 7.84. The molecule has 7 heteroatoms. The molecule has 2 saturated heterocycles. The van der Waals surface area contributed by atoms with E-state index in [1.807, 2.05) is 49.5 Å². The Morgan fingerprint density at radius 1 is 1.08 bits per heavy atom. The van der Waals surface area contributed by atoms with E-state index in [0.29, 0.717) is 18.4 Å². The highest BCUT2D eigenvalue weighted by Gasteiger charge is 2.78. The van der Waals surface area contributed by atoms with Crippen molar-refractivity contribution in [2.24, 2.45) is 29.1 Å². The molecular formula is C32H36N2O5. The molecule has 1 amide bonds. The Morgan fingerprint density at radius 3 is 2.64 bits per heavy atom. The summed E-state index contributed by atoms with van der Waals surface area (Å²) in [5.41, 5.74) is 0.739. The first kappa shape index (κ1) is 25.9. The molecule has 1 aromatic heterocycles. The van der Waals surface area contributed by atoms with Gasteiger partial charge < -0.3 is 15.0 Å². The van der Waals surface area contributed by atoms with E-state index in [2.05, 4.69) is 30.2 Å². The Hall–Kier alpha value is -3.32. The number of aromatic nitrogens is 1. The Kier molecular flexibility index (Phi) is 6.06. The highest BCUT2D eigenvalue weighted by atomic mass is 16.6. The van der Waals surface area contributed by atoms with Crippen molar-refractivity contribution >= 4 is 34.2 Å². The lowest BCUT2D eigenvalue weighted by molar-refractivity contribution is -0.149. The van der Waals surface area contributed by atoms with Crippen LogP contribution >= 0.6 is 0 Å². The first-order chi connectivity index (χ1) is 18.6. The first-order valence-electron chi connectivity index (χ1n) is 14.1. The largest absolute Gasteiger partial charge is 0.365 e. The van der Waals surface area contributed by atoms with Crippen molar-refractivity contribution < 1.29 is 23.9 Å². The van der Waals surface area contributed by atoms with Crippen LogP contribution in [0.5, 0.6) is 0 Å². The molecule has 1 spiro atoms. The van der Waals surface area contributed by atoms with E-state index in [4.69, 9.17) is 4.74 Å². The molecule has 6 rings (SSSR count). The zero-order valence-corrected chi connectivity index (χ0v) is 23.0. The van der Waals surface area contributed by atoms with Crippen LogP contribution < -0.4 is 5.32 Å².